The summed E-state index contributed by atoms with van der Waals surface area (Å²) in [5, 5.41) is 11.5. The Bertz CT molecular complexity index is 1110. The van der Waals surface area contributed by atoms with E-state index in [1.54, 1.807) is 0 Å². The van der Waals surface area contributed by atoms with Crippen LogP contribution < -0.4 is 0 Å². The lowest BCUT2D eigenvalue weighted by atomic mass is 9.72. The molecule has 7 saturated heterocycles. The van der Waals surface area contributed by atoms with Crippen LogP contribution in [0.4, 0.5) is 0 Å². The molecule has 0 amide bonds. The quantitative estimate of drug-likeness (QED) is 0.400. The Labute approximate surface area is 261 Å². The maximum absolute atomic E-state index is 13.2. The Morgan fingerprint density at radius 3 is 2.50 bits per heavy atom. The molecule has 7 rings (SSSR count). The molecule has 9 heteroatoms. The molecule has 7 fully saturated rings. The predicted molar refractivity (Wildman–Crippen MR) is 161 cm³/mol. The molecule has 4 bridgehead atoms. The molecule has 0 radical (unpaired) electrons. The summed E-state index contributed by atoms with van der Waals surface area (Å²) >= 11 is 0. The van der Waals surface area contributed by atoms with Gasteiger partial charge in [0.25, 0.3) is 0 Å². The third-order valence-corrected chi connectivity index (χ3v) is 11.7. The monoisotopic (exact) mass is 616 g/mol. The Morgan fingerprint density at radius 1 is 0.955 bits per heavy atom. The number of aliphatic hydroxyl groups excluding tert-OH is 1. The summed E-state index contributed by atoms with van der Waals surface area (Å²) in [4.78, 5) is 13.2. The van der Waals surface area contributed by atoms with Gasteiger partial charge in [0.15, 0.2) is 5.79 Å². The van der Waals surface area contributed by atoms with Crippen molar-refractivity contribution in [1.29, 1.82) is 0 Å². The van der Waals surface area contributed by atoms with Gasteiger partial charge in [0.05, 0.1) is 62.0 Å². The Kier molecular flexibility index (Phi) is 8.90. The van der Waals surface area contributed by atoms with E-state index < -0.39 is 18.0 Å². The first-order valence-corrected chi connectivity index (χ1v) is 17.2. The highest BCUT2D eigenvalue weighted by molar-refractivity contribution is 5.79. The summed E-state index contributed by atoms with van der Waals surface area (Å²) < 4.78 is 45.5. The van der Waals surface area contributed by atoms with E-state index in [1.165, 1.54) is 0 Å². The van der Waals surface area contributed by atoms with Crippen LogP contribution in [0.5, 0.6) is 0 Å². The summed E-state index contributed by atoms with van der Waals surface area (Å²) in [6.45, 7) is 16.6. The van der Waals surface area contributed by atoms with Gasteiger partial charge < -0.3 is 38.3 Å². The number of ether oxygens (including phenoxy) is 7. The van der Waals surface area contributed by atoms with Crippen molar-refractivity contribution >= 4 is 5.78 Å². The lowest BCUT2D eigenvalue weighted by molar-refractivity contribution is -0.308. The molecule has 7 aliphatic rings. The van der Waals surface area contributed by atoms with Gasteiger partial charge in [-0.05, 0) is 75.4 Å². The van der Waals surface area contributed by atoms with Gasteiger partial charge in [-0.2, -0.15) is 0 Å². The number of aliphatic hydroxyl groups is 1. The van der Waals surface area contributed by atoms with Crippen LogP contribution in [0.25, 0.3) is 0 Å². The molecule has 1 N–H and O–H groups in total. The molecule has 0 aliphatic carbocycles. The first-order valence-electron chi connectivity index (χ1n) is 17.2. The highest BCUT2D eigenvalue weighted by Crippen LogP contribution is 2.54. The van der Waals surface area contributed by atoms with Crippen molar-refractivity contribution in [2.45, 2.75) is 145 Å². The van der Waals surface area contributed by atoms with Crippen LogP contribution in [0.2, 0.25) is 0 Å². The fourth-order valence-corrected chi connectivity index (χ4v) is 9.52. The molecule has 7 aliphatic heterocycles. The third-order valence-electron chi connectivity index (χ3n) is 11.7. The second-order valence-corrected chi connectivity index (χ2v) is 15.0. The van der Waals surface area contributed by atoms with E-state index in [0.717, 1.165) is 49.7 Å². The summed E-state index contributed by atoms with van der Waals surface area (Å²) in [5.41, 5.74) is 2.14. The minimum absolute atomic E-state index is 0.0160. The van der Waals surface area contributed by atoms with Crippen LogP contribution in [0, 0.1) is 23.7 Å². The van der Waals surface area contributed by atoms with Crippen molar-refractivity contribution in [3.05, 3.63) is 24.3 Å². The van der Waals surface area contributed by atoms with Gasteiger partial charge in [0.1, 0.15) is 18.0 Å². The van der Waals surface area contributed by atoms with E-state index in [-0.39, 0.29) is 78.3 Å². The van der Waals surface area contributed by atoms with E-state index in [0.29, 0.717) is 39.1 Å². The highest BCUT2D eigenvalue weighted by atomic mass is 16.7. The van der Waals surface area contributed by atoms with E-state index in [9.17, 15) is 9.90 Å². The zero-order valence-electron chi connectivity index (χ0n) is 26.7. The number of carbonyl (C=O) groups is 1. The summed E-state index contributed by atoms with van der Waals surface area (Å²) in [6, 6.07) is 0. The maximum Gasteiger partial charge on any atom is 0.175 e. The Balaban J connectivity index is 1.12. The van der Waals surface area contributed by atoms with Crippen LogP contribution in [-0.2, 0) is 38.0 Å². The largest absolute Gasteiger partial charge is 0.390 e. The van der Waals surface area contributed by atoms with Crippen molar-refractivity contribution in [2.75, 3.05) is 19.8 Å². The second kappa shape index (κ2) is 12.5. The number of hydrogen-bond acceptors (Lipinski definition) is 9. The van der Waals surface area contributed by atoms with E-state index in [2.05, 4.69) is 33.9 Å². The van der Waals surface area contributed by atoms with E-state index in [4.69, 9.17) is 33.2 Å². The topological polar surface area (TPSA) is 102 Å². The number of fused-ring (bicyclic) bond motifs is 7. The normalized spacial score (nSPS) is 49.5. The van der Waals surface area contributed by atoms with Gasteiger partial charge in [-0.3, -0.25) is 4.79 Å². The number of carbonyl (C=O) groups excluding carboxylic acids is 1. The minimum atomic E-state index is -1.03. The minimum Gasteiger partial charge on any atom is -0.390 e. The van der Waals surface area contributed by atoms with E-state index in [1.807, 2.05) is 0 Å². The molecule has 15 atom stereocenters. The van der Waals surface area contributed by atoms with Gasteiger partial charge in [-0.15, -0.1) is 0 Å². The molecule has 0 aromatic heterocycles. The fourth-order valence-electron chi connectivity index (χ4n) is 9.52. The first-order chi connectivity index (χ1) is 21.1. The van der Waals surface area contributed by atoms with Crippen molar-refractivity contribution in [3.8, 4) is 0 Å². The molecule has 7 heterocycles. The molecule has 10 unspecified atom stereocenters. The SMILES string of the molecule is C=C1COC(CC([C@@H]2CCOCC2=C)C23C[C@@H](O)C(O2)[C@@H]2OC4CCC(CC(=O)CC5C[C@@H](C)O[C@H]5C)OC4C(O3)C2C)C1. The molecule has 246 valence electrons. The molecule has 0 saturated carbocycles. The highest BCUT2D eigenvalue weighted by Gasteiger charge is 2.65. The molecule has 44 heavy (non-hydrogen) atoms. The van der Waals surface area contributed by atoms with Gasteiger partial charge in [0, 0.05) is 37.7 Å². The zero-order valence-corrected chi connectivity index (χ0v) is 26.7. The van der Waals surface area contributed by atoms with Gasteiger partial charge >= 0.3 is 0 Å². The standard InChI is InChI=1S/C35H52O9/c1-18-10-26(39-16-18)14-28(27-8-9-38-17-19(27)2)35-15-29(37)33(44-35)31-21(4)32(43-35)34-30(42-31)7-6-25(41-34)13-24(36)12-23-11-20(3)40-22(23)5/h20-23,25-34,37H,1-2,6-17H2,3-5H3/t20-,21?,22+,23?,25?,26?,27-,28?,29-,30?,31-,32?,33?,34?,35?/m1/s1. The van der Waals surface area contributed by atoms with Crippen LogP contribution in [-0.4, -0.2) is 97.5 Å². The summed E-state index contributed by atoms with van der Waals surface area (Å²) in [5.74, 6) is -0.542. The summed E-state index contributed by atoms with van der Waals surface area (Å²) in [6.07, 6.45) is 4.10. The lowest BCUT2D eigenvalue weighted by Crippen LogP contribution is -2.62. The molecule has 0 aromatic carbocycles. The number of rotatable bonds is 8. The average molecular weight is 617 g/mol. The Hall–Kier alpha value is -1.17. The number of ketones is 1. The molecule has 9 nitrogen and oxygen atoms in total. The third kappa shape index (κ3) is 5.89. The van der Waals surface area contributed by atoms with Gasteiger partial charge in [-0.25, -0.2) is 0 Å². The van der Waals surface area contributed by atoms with Crippen molar-refractivity contribution in [3.63, 3.8) is 0 Å². The van der Waals surface area contributed by atoms with Gasteiger partial charge in [-0.1, -0.05) is 20.1 Å². The van der Waals surface area contributed by atoms with Crippen LogP contribution in [0.3, 0.4) is 0 Å². The Morgan fingerprint density at radius 2 is 1.77 bits per heavy atom. The maximum atomic E-state index is 13.2. The van der Waals surface area contributed by atoms with Crippen molar-refractivity contribution < 1.29 is 43.1 Å². The molecule has 0 spiro atoms. The van der Waals surface area contributed by atoms with E-state index >= 15 is 0 Å². The zero-order chi connectivity index (χ0) is 30.7. The number of hydrogen-bond donors (Lipinski definition) is 1. The molecular weight excluding hydrogens is 564 g/mol. The lowest BCUT2D eigenvalue weighted by Gasteiger charge is -2.51. The van der Waals surface area contributed by atoms with Crippen molar-refractivity contribution in [1.82, 2.24) is 0 Å². The number of Topliss-reactive ketones (excluding diaryl/α,β-unsaturated/α-hetero) is 1. The van der Waals surface area contributed by atoms with Gasteiger partial charge in [0.2, 0.25) is 0 Å². The average Bonchev–Trinajstić information content (AvgIpc) is 3.63. The van der Waals surface area contributed by atoms with Crippen LogP contribution in [0.15, 0.2) is 24.3 Å². The predicted octanol–water partition coefficient (Wildman–Crippen LogP) is 4.29. The fraction of sp³-hybridized carbons (Fsp3) is 0.857. The molecular formula is C35H52O9. The second-order valence-electron chi connectivity index (χ2n) is 15.0. The molecule has 0 aromatic rings. The van der Waals surface area contributed by atoms with Crippen molar-refractivity contribution in [2.24, 2.45) is 23.7 Å². The van der Waals surface area contributed by atoms with Crippen LogP contribution in [0.1, 0.15) is 78.6 Å². The summed E-state index contributed by atoms with van der Waals surface area (Å²) in [7, 11) is 0. The van der Waals surface area contributed by atoms with Crippen LogP contribution >= 0.6 is 0 Å². The smallest absolute Gasteiger partial charge is 0.175 e. The first kappa shape index (κ1) is 31.4.